The number of carbonyl (C=O) groups is 2. The van der Waals surface area contributed by atoms with Crippen LogP contribution < -0.4 is 0 Å². The Morgan fingerprint density at radius 2 is 1.53 bits per heavy atom. The van der Waals surface area contributed by atoms with Crippen LogP contribution >= 0.6 is 0 Å². The van der Waals surface area contributed by atoms with Gasteiger partial charge in [-0.15, -0.1) is 6.58 Å². The maximum atomic E-state index is 13.2. The summed E-state index contributed by atoms with van der Waals surface area (Å²) in [5.74, 6) is -0.439. The highest BCUT2D eigenvalue weighted by Gasteiger charge is 2.38. The smallest absolute Gasteiger partial charge is 0.312 e. The van der Waals surface area contributed by atoms with Crippen LogP contribution in [0.4, 0.5) is 0 Å². The molecule has 0 radical (unpaired) electrons. The van der Waals surface area contributed by atoms with E-state index in [9.17, 15) is 18.0 Å². The van der Waals surface area contributed by atoms with Crippen LogP contribution in [-0.2, 0) is 19.6 Å². The van der Waals surface area contributed by atoms with Gasteiger partial charge in [0.15, 0.2) is 0 Å². The first-order valence-electron chi connectivity index (χ1n) is 11.7. The number of amides is 2. The molecule has 7 nitrogen and oxygen atoms in total. The molecule has 8 heteroatoms. The maximum absolute atomic E-state index is 13.2. The number of sulfonamides is 1. The van der Waals surface area contributed by atoms with Crippen LogP contribution in [0, 0.1) is 0 Å². The lowest BCUT2D eigenvalue weighted by atomic mass is 9.84. The molecule has 1 aliphatic carbocycles. The molecular formula is C24H33N3O4S. The van der Waals surface area contributed by atoms with Gasteiger partial charge < -0.3 is 9.80 Å². The Bertz CT molecular complexity index is 946. The summed E-state index contributed by atoms with van der Waals surface area (Å²) >= 11 is 0. The monoisotopic (exact) mass is 459 g/mol. The molecule has 2 amide bonds. The van der Waals surface area contributed by atoms with E-state index in [2.05, 4.69) is 6.58 Å². The third kappa shape index (κ3) is 4.62. The number of nitrogens with zero attached hydrogens (tertiary/aromatic N) is 3. The van der Waals surface area contributed by atoms with Crippen molar-refractivity contribution in [2.45, 2.75) is 61.8 Å². The van der Waals surface area contributed by atoms with E-state index in [1.807, 2.05) is 12.1 Å². The molecule has 174 valence electrons. The Labute approximate surface area is 191 Å². The largest absolute Gasteiger partial charge is 0.330 e. The zero-order chi connectivity index (χ0) is 22.7. The second-order valence-corrected chi connectivity index (χ2v) is 11.0. The zero-order valence-corrected chi connectivity index (χ0v) is 19.4. The predicted molar refractivity (Wildman–Crippen MR) is 123 cm³/mol. The van der Waals surface area contributed by atoms with Crippen molar-refractivity contribution in [3.05, 3.63) is 42.5 Å². The lowest BCUT2D eigenvalue weighted by Crippen LogP contribution is -2.59. The van der Waals surface area contributed by atoms with Gasteiger partial charge in [0.25, 0.3) is 0 Å². The molecule has 0 bridgehead atoms. The van der Waals surface area contributed by atoms with Crippen molar-refractivity contribution >= 4 is 21.8 Å². The molecule has 0 spiro atoms. The average Bonchev–Trinajstić information content (AvgIpc) is 2.83. The molecule has 4 rings (SSSR count). The summed E-state index contributed by atoms with van der Waals surface area (Å²) in [5.41, 5.74) is 1.24. The van der Waals surface area contributed by atoms with Gasteiger partial charge in [-0.05, 0) is 49.3 Å². The number of hydrogen-bond acceptors (Lipinski definition) is 4. The van der Waals surface area contributed by atoms with Gasteiger partial charge in [-0.2, -0.15) is 4.31 Å². The Balaban J connectivity index is 1.36. The first kappa shape index (κ1) is 23.0. The minimum Gasteiger partial charge on any atom is -0.330 e. The van der Waals surface area contributed by atoms with E-state index >= 15 is 0 Å². The van der Waals surface area contributed by atoms with Crippen molar-refractivity contribution in [2.24, 2.45) is 0 Å². The predicted octanol–water partition coefficient (Wildman–Crippen LogP) is 2.74. The SMILES string of the molecule is C=CCN1CCN(C2CCN(S(=O)(=O)c3ccc(C4CCCCC4)cc3)CC2)C(=O)C1=O. The van der Waals surface area contributed by atoms with Crippen LogP contribution in [0.3, 0.4) is 0 Å². The highest BCUT2D eigenvalue weighted by atomic mass is 32.2. The number of rotatable bonds is 6. The molecule has 2 saturated heterocycles. The topological polar surface area (TPSA) is 78.0 Å². The number of carbonyl (C=O) groups excluding carboxylic acids is 2. The standard InChI is InChI=1S/C24H33N3O4S/c1-2-14-25-17-18-27(24(29)23(25)28)21-12-15-26(16-13-21)32(30,31)22-10-8-20(9-11-22)19-6-4-3-5-7-19/h2,8-11,19,21H,1,3-7,12-18H2. The number of piperidine rings is 1. The Kier molecular flexibility index (Phi) is 7.00. The third-order valence-electron chi connectivity index (χ3n) is 7.15. The molecule has 0 unspecified atom stereocenters. The fourth-order valence-corrected chi connectivity index (χ4v) is 6.73. The van der Waals surface area contributed by atoms with Crippen molar-refractivity contribution in [1.82, 2.24) is 14.1 Å². The summed E-state index contributed by atoms with van der Waals surface area (Å²) in [4.78, 5) is 28.3. The second-order valence-electron chi connectivity index (χ2n) is 9.08. The van der Waals surface area contributed by atoms with Gasteiger partial charge in [0.05, 0.1) is 4.90 Å². The van der Waals surface area contributed by atoms with Gasteiger partial charge in [-0.25, -0.2) is 8.42 Å². The van der Waals surface area contributed by atoms with Gasteiger partial charge in [-0.3, -0.25) is 9.59 Å². The molecule has 2 aliphatic heterocycles. The molecule has 2 heterocycles. The minimum atomic E-state index is -3.56. The summed E-state index contributed by atoms with van der Waals surface area (Å²) in [5, 5.41) is 0. The number of hydrogen-bond donors (Lipinski definition) is 0. The molecule has 0 N–H and O–H groups in total. The van der Waals surface area contributed by atoms with E-state index in [-0.39, 0.29) is 6.04 Å². The van der Waals surface area contributed by atoms with E-state index in [0.29, 0.717) is 56.4 Å². The van der Waals surface area contributed by atoms with Crippen LogP contribution in [0.15, 0.2) is 41.8 Å². The molecular weight excluding hydrogens is 426 g/mol. The Morgan fingerprint density at radius 1 is 0.875 bits per heavy atom. The van der Waals surface area contributed by atoms with Crippen LogP contribution in [0.25, 0.3) is 0 Å². The molecule has 0 atom stereocenters. The zero-order valence-electron chi connectivity index (χ0n) is 18.6. The molecule has 3 aliphatic rings. The summed E-state index contributed by atoms with van der Waals surface area (Å²) < 4.78 is 27.8. The van der Waals surface area contributed by atoms with Crippen molar-refractivity contribution in [1.29, 1.82) is 0 Å². The second kappa shape index (κ2) is 9.75. The summed E-state index contributed by atoms with van der Waals surface area (Å²) in [6.07, 6.45) is 8.86. The van der Waals surface area contributed by atoms with Gasteiger partial charge in [0.1, 0.15) is 0 Å². The van der Waals surface area contributed by atoms with E-state index in [4.69, 9.17) is 0 Å². The number of benzene rings is 1. The fraction of sp³-hybridized carbons (Fsp3) is 0.583. The van der Waals surface area contributed by atoms with Crippen molar-refractivity contribution in [2.75, 3.05) is 32.7 Å². The van der Waals surface area contributed by atoms with Gasteiger partial charge >= 0.3 is 11.8 Å². The average molecular weight is 460 g/mol. The lowest BCUT2D eigenvalue weighted by molar-refractivity contribution is -0.157. The summed E-state index contributed by atoms with van der Waals surface area (Å²) in [7, 11) is -3.56. The Morgan fingerprint density at radius 3 is 2.16 bits per heavy atom. The van der Waals surface area contributed by atoms with Gasteiger partial charge in [0, 0.05) is 38.8 Å². The normalized spacial score (nSPS) is 22.4. The molecule has 1 aromatic rings. The van der Waals surface area contributed by atoms with Crippen LogP contribution in [0.2, 0.25) is 0 Å². The van der Waals surface area contributed by atoms with E-state index < -0.39 is 21.8 Å². The van der Waals surface area contributed by atoms with E-state index in [1.54, 1.807) is 23.1 Å². The van der Waals surface area contributed by atoms with Crippen molar-refractivity contribution in [3.63, 3.8) is 0 Å². The lowest BCUT2D eigenvalue weighted by Gasteiger charge is -2.41. The minimum absolute atomic E-state index is 0.0996. The van der Waals surface area contributed by atoms with Crippen molar-refractivity contribution in [3.8, 4) is 0 Å². The van der Waals surface area contributed by atoms with Crippen LogP contribution in [0.5, 0.6) is 0 Å². The molecule has 3 fully saturated rings. The third-order valence-corrected chi connectivity index (χ3v) is 9.06. The highest BCUT2D eigenvalue weighted by molar-refractivity contribution is 7.89. The molecule has 0 aromatic heterocycles. The first-order chi connectivity index (χ1) is 15.4. The van der Waals surface area contributed by atoms with Gasteiger partial charge in [-0.1, -0.05) is 37.5 Å². The Hall–Kier alpha value is -2.19. The molecule has 1 saturated carbocycles. The van der Waals surface area contributed by atoms with Crippen LogP contribution in [0.1, 0.15) is 56.4 Å². The van der Waals surface area contributed by atoms with Crippen molar-refractivity contribution < 1.29 is 18.0 Å². The van der Waals surface area contributed by atoms with E-state index in [1.165, 1.54) is 46.9 Å². The quantitative estimate of drug-likeness (QED) is 0.484. The number of piperazine rings is 1. The van der Waals surface area contributed by atoms with E-state index in [0.717, 1.165) is 0 Å². The highest BCUT2D eigenvalue weighted by Crippen LogP contribution is 2.33. The first-order valence-corrected chi connectivity index (χ1v) is 13.2. The maximum Gasteiger partial charge on any atom is 0.312 e. The molecule has 1 aromatic carbocycles. The summed E-state index contributed by atoms with van der Waals surface area (Å²) in [6, 6.07) is 7.33. The molecule has 32 heavy (non-hydrogen) atoms. The van der Waals surface area contributed by atoms with Gasteiger partial charge in [0.2, 0.25) is 10.0 Å². The van der Waals surface area contributed by atoms with Crippen LogP contribution in [-0.4, -0.2) is 73.1 Å². The fourth-order valence-electron chi connectivity index (χ4n) is 5.26. The summed E-state index contributed by atoms with van der Waals surface area (Å²) in [6.45, 7) is 5.68.